The molecular formula is C18H24ClN3O2. The summed E-state index contributed by atoms with van der Waals surface area (Å²) in [6.45, 7) is 4.95. The molecule has 1 aromatic carbocycles. The number of nitrogens with one attached hydrogen (secondary N) is 1. The highest BCUT2D eigenvalue weighted by Crippen LogP contribution is 2.29. The van der Waals surface area contributed by atoms with E-state index in [1.807, 2.05) is 40.1 Å². The largest absolute Gasteiger partial charge is 0.342 e. The average Bonchev–Trinajstić information content (AvgIpc) is 3.23. The first-order valence-corrected chi connectivity index (χ1v) is 8.52. The number of halogens is 1. The molecule has 1 unspecified atom stereocenters. The highest BCUT2D eigenvalue weighted by molar-refractivity contribution is 5.89. The van der Waals surface area contributed by atoms with Crippen LogP contribution in [-0.4, -0.2) is 54.3 Å². The summed E-state index contributed by atoms with van der Waals surface area (Å²) in [6.07, 6.45) is 0.371. The molecule has 0 aromatic heterocycles. The second-order valence-corrected chi connectivity index (χ2v) is 7.08. The number of hydrogen-bond donors (Lipinski definition) is 1. The van der Waals surface area contributed by atoms with E-state index in [0.717, 1.165) is 31.7 Å². The summed E-state index contributed by atoms with van der Waals surface area (Å²) in [5, 5.41) is 3.39. The van der Waals surface area contributed by atoms with Gasteiger partial charge >= 0.3 is 0 Å². The first kappa shape index (κ1) is 17.2. The Labute approximate surface area is 148 Å². The first-order chi connectivity index (χ1) is 11.2. The van der Waals surface area contributed by atoms with Crippen molar-refractivity contribution in [3.05, 3.63) is 35.9 Å². The molecule has 3 atom stereocenters. The molecule has 3 aliphatic heterocycles. The molecule has 0 bridgehead atoms. The Kier molecular flexibility index (Phi) is 5.11. The zero-order chi connectivity index (χ0) is 15.8. The van der Waals surface area contributed by atoms with Crippen molar-refractivity contribution in [1.82, 2.24) is 15.1 Å². The molecule has 0 spiro atoms. The van der Waals surface area contributed by atoms with Crippen LogP contribution in [0.15, 0.2) is 30.3 Å². The van der Waals surface area contributed by atoms with Gasteiger partial charge in [0.15, 0.2) is 0 Å². The van der Waals surface area contributed by atoms with E-state index in [0.29, 0.717) is 31.3 Å². The SMILES string of the molecule is Cl.O=C1CC(C(=O)N2C[C@H]3CNC[C@H]3C2)CN1Cc1ccccc1. The van der Waals surface area contributed by atoms with E-state index in [1.165, 1.54) is 0 Å². The molecule has 2 amide bonds. The smallest absolute Gasteiger partial charge is 0.228 e. The standard InChI is InChI=1S/C18H23N3O2.ClH/c22-17-6-14(10-20(17)9-13-4-2-1-3-5-13)18(23)21-11-15-7-19-8-16(15)12-21;/h1-5,14-16,19H,6-12H2;1H/t14?,15-,16+;. The van der Waals surface area contributed by atoms with Crippen LogP contribution >= 0.6 is 12.4 Å². The van der Waals surface area contributed by atoms with Gasteiger partial charge < -0.3 is 15.1 Å². The van der Waals surface area contributed by atoms with Gasteiger partial charge in [-0.3, -0.25) is 9.59 Å². The molecule has 4 rings (SSSR count). The zero-order valence-corrected chi connectivity index (χ0v) is 14.5. The summed E-state index contributed by atoms with van der Waals surface area (Å²) in [5.74, 6) is 1.35. The van der Waals surface area contributed by atoms with E-state index in [2.05, 4.69) is 5.32 Å². The highest BCUT2D eigenvalue weighted by Gasteiger charge is 2.42. The number of benzene rings is 1. The molecule has 5 nitrogen and oxygen atoms in total. The fourth-order valence-electron chi connectivity index (χ4n) is 4.19. The van der Waals surface area contributed by atoms with Crippen LogP contribution < -0.4 is 5.32 Å². The fourth-order valence-corrected chi connectivity index (χ4v) is 4.19. The topological polar surface area (TPSA) is 52.7 Å². The van der Waals surface area contributed by atoms with Gasteiger partial charge in [0.05, 0.1) is 5.92 Å². The van der Waals surface area contributed by atoms with Crippen LogP contribution in [0.4, 0.5) is 0 Å². The van der Waals surface area contributed by atoms with Crippen LogP contribution in [0.3, 0.4) is 0 Å². The molecule has 0 radical (unpaired) electrons. The summed E-state index contributed by atoms with van der Waals surface area (Å²) >= 11 is 0. The molecule has 3 fully saturated rings. The molecule has 6 heteroatoms. The van der Waals surface area contributed by atoms with E-state index in [1.54, 1.807) is 0 Å². The number of likely N-dealkylation sites (tertiary alicyclic amines) is 2. The lowest BCUT2D eigenvalue weighted by Crippen LogP contribution is -2.37. The van der Waals surface area contributed by atoms with Gasteiger partial charge in [-0.05, 0) is 17.4 Å². The van der Waals surface area contributed by atoms with E-state index in [-0.39, 0.29) is 30.1 Å². The normalized spacial score (nSPS) is 28.8. The van der Waals surface area contributed by atoms with Crippen molar-refractivity contribution in [2.24, 2.45) is 17.8 Å². The van der Waals surface area contributed by atoms with Gasteiger partial charge in [-0.15, -0.1) is 12.4 Å². The molecule has 1 aromatic rings. The maximum absolute atomic E-state index is 12.7. The average molecular weight is 350 g/mol. The predicted molar refractivity (Wildman–Crippen MR) is 93.6 cm³/mol. The number of carbonyl (C=O) groups is 2. The van der Waals surface area contributed by atoms with Gasteiger partial charge in [0.1, 0.15) is 0 Å². The molecule has 3 heterocycles. The predicted octanol–water partition coefficient (Wildman–Crippen LogP) is 1.13. The van der Waals surface area contributed by atoms with Crippen LogP contribution in [0.5, 0.6) is 0 Å². The van der Waals surface area contributed by atoms with E-state index >= 15 is 0 Å². The summed E-state index contributed by atoms with van der Waals surface area (Å²) in [5.41, 5.74) is 1.12. The second-order valence-electron chi connectivity index (χ2n) is 7.08. The van der Waals surface area contributed by atoms with Gasteiger partial charge in [-0.25, -0.2) is 0 Å². The van der Waals surface area contributed by atoms with Crippen molar-refractivity contribution < 1.29 is 9.59 Å². The van der Waals surface area contributed by atoms with Crippen molar-refractivity contribution in [2.75, 3.05) is 32.7 Å². The molecule has 3 saturated heterocycles. The number of amides is 2. The van der Waals surface area contributed by atoms with E-state index in [9.17, 15) is 9.59 Å². The third-order valence-electron chi connectivity index (χ3n) is 5.48. The first-order valence-electron chi connectivity index (χ1n) is 8.52. The third kappa shape index (κ3) is 3.28. The number of nitrogens with zero attached hydrogens (tertiary/aromatic N) is 2. The van der Waals surface area contributed by atoms with Crippen molar-refractivity contribution in [2.45, 2.75) is 13.0 Å². The highest BCUT2D eigenvalue weighted by atomic mass is 35.5. The van der Waals surface area contributed by atoms with Crippen LogP contribution in [-0.2, 0) is 16.1 Å². The van der Waals surface area contributed by atoms with Crippen molar-refractivity contribution >= 4 is 24.2 Å². The molecular weight excluding hydrogens is 326 g/mol. The number of carbonyl (C=O) groups excluding carboxylic acids is 2. The Morgan fingerprint density at radius 2 is 1.75 bits per heavy atom. The second kappa shape index (κ2) is 7.11. The van der Waals surface area contributed by atoms with Gasteiger partial charge in [-0.1, -0.05) is 30.3 Å². The van der Waals surface area contributed by atoms with Crippen LogP contribution in [0.1, 0.15) is 12.0 Å². The third-order valence-corrected chi connectivity index (χ3v) is 5.48. The Hall–Kier alpha value is -1.59. The fraction of sp³-hybridized carbons (Fsp3) is 0.556. The van der Waals surface area contributed by atoms with Gasteiger partial charge in [0.25, 0.3) is 0 Å². The molecule has 3 aliphatic rings. The molecule has 1 N–H and O–H groups in total. The molecule has 0 aliphatic carbocycles. The quantitative estimate of drug-likeness (QED) is 0.890. The summed E-state index contributed by atoms with van der Waals surface area (Å²) in [4.78, 5) is 28.8. The lowest BCUT2D eigenvalue weighted by Gasteiger charge is -2.22. The zero-order valence-electron chi connectivity index (χ0n) is 13.7. The lowest BCUT2D eigenvalue weighted by molar-refractivity contribution is -0.135. The molecule has 130 valence electrons. The molecule has 24 heavy (non-hydrogen) atoms. The summed E-state index contributed by atoms with van der Waals surface area (Å²) < 4.78 is 0. The minimum Gasteiger partial charge on any atom is -0.342 e. The van der Waals surface area contributed by atoms with Gasteiger partial charge in [-0.2, -0.15) is 0 Å². The Bertz CT molecular complexity index is 598. The van der Waals surface area contributed by atoms with Crippen LogP contribution in [0.25, 0.3) is 0 Å². The monoisotopic (exact) mass is 349 g/mol. The van der Waals surface area contributed by atoms with Crippen molar-refractivity contribution in [3.8, 4) is 0 Å². The minimum atomic E-state index is -0.155. The Balaban J connectivity index is 0.00000169. The number of hydrogen-bond acceptors (Lipinski definition) is 3. The molecule has 0 saturated carbocycles. The van der Waals surface area contributed by atoms with Crippen molar-refractivity contribution in [1.29, 1.82) is 0 Å². The van der Waals surface area contributed by atoms with E-state index < -0.39 is 0 Å². The maximum Gasteiger partial charge on any atom is 0.228 e. The minimum absolute atomic E-state index is 0. The van der Waals surface area contributed by atoms with Gasteiger partial charge in [0, 0.05) is 45.7 Å². The summed E-state index contributed by atoms with van der Waals surface area (Å²) in [7, 11) is 0. The lowest BCUT2D eigenvalue weighted by atomic mass is 10.0. The number of fused-ring (bicyclic) bond motifs is 1. The maximum atomic E-state index is 12.7. The van der Waals surface area contributed by atoms with Gasteiger partial charge in [0.2, 0.25) is 11.8 Å². The summed E-state index contributed by atoms with van der Waals surface area (Å²) in [6, 6.07) is 9.99. The van der Waals surface area contributed by atoms with E-state index in [4.69, 9.17) is 0 Å². The number of rotatable bonds is 3. The van der Waals surface area contributed by atoms with Crippen LogP contribution in [0.2, 0.25) is 0 Å². The van der Waals surface area contributed by atoms with Crippen molar-refractivity contribution in [3.63, 3.8) is 0 Å². The Morgan fingerprint density at radius 1 is 1.08 bits per heavy atom. The Morgan fingerprint density at radius 3 is 2.42 bits per heavy atom. The van der Waals surface area contributed by atoms with Crippen LogP contribution in [0, 0.1) is 17.8 Å².